The molecule has 0 bridgehead atoms. The van der Waals surface area contributed by atoms with Crippen LogP contribution in [0.5, 0.6) is 0 Å². The summed E-state index contributed by atoms with van der Waals surface area (Å²) in [5.41, 5.74) is 3.51. The van der Waals surface area contributed by atoms with Gasteiger partial charge < -0.3 is 4.98 Å². The van der Waals surface area contributed by atoms with Gasteiger partial charge in [-0.05, 0) is 27.9 Å². The molecule has 1 aromatic heterocycles. The quantitative estimate of drug-likeness (QED) is 0.474. The minimum absolute atomic E-state index is 0. The van der Waals surface area contributed by atoms with Crippen molar-refractivity contribution in [3.8, 4) is 11.3 Å². The van der Waals surface area contributed by atoms with Crippen LogP contribution in [0.25, 0.3) is 22.0 Å². The number of aromatic nitrogens is 1. The van der Waals surface area contributed by atoms with E-state index >= 15 is 0 Å². The molecule has 1 nitrogen and oxygen atoms in total. The zero-order valence-corrected chi connectivity index (χ0v) is 14.9. The Morgan fingerprint density at radius 2 is 1.76 bits per heavy atom. The summed E-state index contributed by atoms with van der Waals surface area (Å²) in [7, 11) is 0. The van der Waals surface area contributed by atoms with E-state index in [1.54, 1.807) is 0 Å². The van der Waals surface area contributed by atoms with Crippen LogP contribution in [0.2, 0.25) is 0 Å². The molecule has 1 heterocycles. The van der Waals surface area contributed by atoms with Crippen LogP contribution in [0.4, 0.5) is 0 Å². The smallest absolute Gasteiger partial charge is 0.0167 e. The Morgan fingerprint density at radius 3 is 2.52 bits per heavy atom. The second-order valence-corrected chi connectivity index (χ2v) is 6.12. The maximum absolute atomic E-state index is 4.57. The first-order chi connectivity index (χ1) is 9.55. The standard InChI is InChI=1S/C19H18N.Ir/c1-19(2,3)16-9-6-8-15(13-16)18-17-10-5-4-7-14(17)11-12-20-18;/h4-7,9-13H,1-3H3;/q-1;. The maximum atomic E-state index is 4.57. The molecule has 0 spiro atoms. The molecule has 0 N–H and O–H groups in total. The molecule has 0 saturated carbocycles. The average Bonchev–Trinajstić information content (AvgIpc) is 2.46. The molecule has 0 fully saturated rings. The van der Waals surface area contributed by atoms with Gasteiger partial charge >= 0.3 is 0 Å². The molecule has 3 aromatic rings. The number of benzene rings is 2. The van der Waals surface area contributed by atoms with Crippen LogP contribution in [-0.4, -0.2) is 4.98 Å². The van der Waals surface area contributed by atoms with Crippen LogP contribution < -0.4 is 0 Å². The van der Waals surface area contributed by atoms with Gasteiger partial charge in [-0.15, -0.1) is 35.4 Å². The van der Waals surface area contributed by atoms with Gasteiger partial charge in [0.15, 0.2) is 0 Å². The van der Waals surface area contributed by atoms with Crippen LogP contribution in [0.1, 0.15) is 26.3 Å². The number of rotatable bonds is 1. The molecule has 0 aliphatic rings. The molecule has 0 saturated heterocycles. The van der Waals surface area contributed by atoms with Gasteiger partial charge in [0.2, 0.25) is 0 Å². The molecule has 1 radical (unpaired) electrons. The van der Waals surface area contributed by atoms with E-state index in [2.05, 4.69) is 68.2 Å². The van der Waals surface area contributed by atoms with Gasteiger partial charge in [-0.2, -0.15) is 0 Å². The van der Waals surface area contributed by atoms with Gasteiger partial charge in [0.05, 0.1) is 0 Å². The van der Waals surface area contributed by atoms with E-state index in [-0.39, 0.29) is 25.5 Å². The van der Waals surface area contributed by atoms with Crippen molar-refractivity contribution in [2.75, 3.05) is 0 Å². The Labute approximate surface area is 139 Å². The summed E-state index contributed by atoms with van der Waals surface area (Å²) in [4.78, 5) is 4.57. The molecule has 21 heavy (non-hydrogen) atoms. The molecule has 0 atom stereocenters. The Balaban J connectivity index is 0.00000161. The van der Waals surface area contributed by atoms with Crippen LogP contribution in [0, 0.1) is 6.07 Å². The van der Waals surface area contributed by atoms with Crippen LogP contribution in [0.3, 0.4) is 0 Å². The van der Waals surface area contributed by atoms with Crippen molar-refractivity contribution in [3.05, 3.63) is 66.4 Å². The van der Waals surface area contributed by atoms with E-state index in [9.17, 15) is 0 Å². The van der Waals surface area contributed by atoms with E-state index in [1.165, 1.54) is 16.3 Å². The number of hydrogen-bond acceptors (Lipinski definition) is 1. The predicted molar refractivity (Wildman–Crippen MR) is 84.7 cm³/mol. The second-order valence-electron chi connectivity index (χ2n) is 6.12. The zero-order valence-electron chi connectivity index (χ0n) is 12.5. The van der Waals surface area contributed by atoms with Gasteiger partial charge in [0.1, 0.15) is 0 Å². The van der Waals surface area contributed by atoms with E-state index < -0.39 is 0 Å². The monoisotopic (exact) mass is 453 g/mol. The third-order valence-electron chi connectivity index (χ3n) is 3.60. The maximum Gasteiger partial charge on any atom is 0.0167 e. The van der Waals surface area contributed by atoms with Crippen molar-refractivity contribution in [3.63, 3.8) is 0 Å². The van der Waals surface area contributed by atoms with Gasteiger partial charge in [-0.3, -0.25) is 0 Å². The first-order valence-electron chi connectivity index (χ1n) is 6.92. The minimum Gasteiger partial charge on any atom is -0.304 e. The largest absolute Gasteiger partial charge is 0.304 e. The van der Waals surface area contributed by atoms with Gasteiger partial charge in [0, 0.05) is 26.3 Å². The normalized spacial score (nSPS) is 11.2. The molecule has 0 unspecified atom stereocenters. The molecule has 2 heteroatoms. The number of pyridine rings is 1. The topological polar surface area (TPSA) is 12.9 Å². The molecule has 109 valence electrons. The summed E-state index contributed by atoms with van der Waals surface area (Å²) in [5, 5.41) is 2.39. The van der Waals surface area contributed by atoms with E-state index in [4.69, 9.17) is 0 Å². The predicted octanol–water partition coefficient (Wildman–Crippen LogP) is 5.00. The average molecular weight is 453 g/mol. The summed E-state index contributed by atoms with van der Waals surface area (Å²) in [6, 6.07) is 20.1. The Bertz CT molecular complexity index is 751. The first-order valence-corrected chi connectivity index (χ1v) is 6.92. The van der Waals surface area contributed by atoms with Crippen molar-refractivity contribution < 1.29 is 20.1 Å². The number of hydrogen-bond donors (Lipinski definition) is 0. The zero-order chi connectivity index (χ0) is 14.2. The van der Waals surface area contributed by atoms with Gasteiger partial charge in [-0.1, -0.05) is 45.0 Å². The van der Waals surface area contributed by atoms with Crippen LogP contribution in [0.15, 0.2) is 54.7 Å². The van der Waals surface area contributed by atoms with Crippen molar-refractivity contribution >= 4 is 10.8 Å². The van der Waals surface area contributed by atoms with Gasteiger partial charge in [-0.25, -0.2) is 0 Å². The van der Waals surface area contributed by atoms with Crippen LogP contribution >= 0.6 is 0 Å². The third kappa shape index (κ3) is 3.23. The SMILES string of the molecule is CC(C)(C)c1cc[c-]c(-c2nccc3ccccc23)c1.[Ir]. The molecule has 3 rings (SSSR count). The fraction of sp³-hybridized carbons (Fsp3) is 0.211. The Morgan fingerprint density at radius 1 is 1.00 bits per heavy atom. The van der Waals surface area contributed by atoms with Crippen molar-refractivity contribution in [1.82, 2.24) is 4.98 Å². The fourth-order valence-electron chi connectivity index (χ4n) is 2.40. The molecule has 0 amide bonds. The van der Waals surface area contributed by atoms with Crippen molar-refractivity contribution in [1.29, 1.82) is 0 Å². The first kappa shape index (κ1) is 15.9. The van der Waals surface area contributed by atoms with E-state index in [1.807, 2.05) is 18.3 Å². The molecule has 0 aliphatic heterocycles. The molecular formula is C19H18IrN-. The minimum atomic E-state index is 0. The molecule has 2 aromatic carbocycles. The van der Waals surface area contributed by atoms with Crippen molar-refractivity contribution in [2.24, 2.45) is 0 Å². The fourth-order valence-corrected chi connectivity index (χ4v) is 2.40. The summed E-state index contributed by atoms with van der Waals surface area (Å²) in [5.74, 6) is 0. The summed E-state index contributed by atoms with van der Waals surface area (Å²) in [6.45, 7) is 6.67. The third-order valence-corrected chi connectivity index (χ3v) is 3.60. The summed E-state index contributed by atoms with van der Waals surface area (Å²) < 4.78 is 0. The molecular weight excluding hydrogens is 434 g/mol. The van der Waals surface area contributed by atoms with Crippen LogP contribution in [-0.2, 0) is 25.5 Å². The van der Waals surface area contributed by atoms with E-state index in [0.29, 0.717) is 0 Å². The van der Waals surface area contributed by atoms with Gasteiger partial charge in [0.25, 0.3) is 0 Å². The second kappa shape index (κ2) is 6.09. The summed E-state index contributed by atoms with van der Waals surface area (Å²) in [6.07, 6.45) is 1.87. The molecule has 0 aliphatic carbocycles. The number of fused-ring (bicyclic) bond motifs is 1. The summed E-state index contributed by atoms with van der Waals surface area (Å²) >= 11 is 0. The number of nitrogens with zero attached hydrogens (tertiary/aromatic N) is 1. The van der Waals surface area contributed by atoms with Crippen molar-refractivity contribution in [2.45, 2.75) is 26.2 Å². The van der Waals surface area contributed by atoms with E-state index in [0.717, 1.165) is 11.3 Å². The Kier molecular flexibility index (Phi) is 4.61. The Hall–Kier alpha value is -1.50.